The Morgan fingerprint density at radius 1 is 1.42 bits per heavy atom. The molecule has 0 unspecified atom stereocenters. The van der Waals surface area contributed by atoms with Gasteiger partial charge in [-0.05, 0) is 32.0 Å². The first-order chi connectivity index (χ1) is 8.72. The average molecular weight is 369 g/mol. The van der Waals surface area contributed by atoms with Gasteiger partial charge >= 0.3 is 0 Å². The second kappa shape index (κ2) is 5.33. The fraction of sp³-hybridized carbons (Fsp3) is 0.500. The molecule has 0 amide bonds. The minimum atomic E-state index is -3.58. The third-order valence-electron chi connectivity index (χ3n) is 2.90. The zero-order chi connectivity index (χ0) is 14.3. The zero-order valence-electron chi connectivity index (χ0n) is 10.7. The lowest BCUT2D eigenvalue weighted by Crippen LogP contribution is -2.50. The number of halogens is 2. The molecule has 19 heavy (non-hydrogen) atoms. The summed E-state index contributed by atoms with van der Waals surface area (Å²) in [4.78, 5) is 0.134. The number of nitrogens with zero attached hydrogens (tertiary/aromatic N) is 1. The smallest absolute Gasteiger partial charge is 0.244 e. The SMILES string of the molecule is CC1(C)CN(S(=O)(=O)c2ccc(Br)cc2Cl)CCO1. The first kappa shape index (κ1) is 15.3. The predicted molar refractivity (Wildman–Crippen MR) is 77.9 cm³/mol. The van der Waals surface area contributed by atoms with Crippen LogP contribution >= 0.6 is 27.5 Å². The minimum Gasteiger partial charge on any atom is -0.373 e. The summed E-state index contributed by atoms with van der Waals surface area (Å²) < 4.78 is 32.9. The molecule has 0 atom stereocenters. The molecule has 1 saturated heterocycles. The first-order valence-corrected chi connectivity index (χ1v) is 8.43. The summed E-state index contributed by atoms with van der Waals surface area (Å²) in [6.45, 7) is 4.80. The molecule has 1 aliphatic heterocycles. The highest BCUT2D eigenvalue weighted by Crippen LogP contribution is 2.30. The van der Waals surface area contributed by atoms with E-state index in [1.165, 1.54) is 10.4 Å². The van der Waals surface area contributed by atoms with Gasteiger partial charge in [-0.25, -0.2) is 8.42 Å². The van der Waals surface area contributed by atoms with Gasteiger partial charge in [-0.1, -0.05) is 27.5 Å². The van der Waals surface area contributed by atoms with E-state index in [0.29, 0.717) is 19.7 Å². The van der Waals surface area contributed by atoms with Crippen LogP contribution in [0, 0.1) is 0 Å². The highest BCUT2D eigenvalue weighted by Gasteiger charge is 2.35. The van der Waals surface area contributed by atoms with E-state index in [0.717, 1.165) is 4.47 Å². The van der Waals surface area contributed by atoms with Crippen LogP contribution in [0.4, 0.5) is 0 Å². The van der Waals surface area contributed by atoms with Gasteiger partial charge in [-0.2, -0.15) is 4.31 Å². The maximum atomic E-state index is 12.6. The molecule has 0 saturated carbocycles. The van der Waals surface area contributed by atoms with Gasteiger partial charge in [0.2, 0.25) is 10.0 Å². The Morgan fingerprint density at radius 3 is 2.68 bits per heavy atom. The second-order valence-corrected chi connectivity index (χ2v) is 8.25. The third kappa shape index (κ3) is 3.31. The molecule has 4 nitrogen and oxygen atoms in total. The van der Waals surface area contributed by atoms with Crippen LogP contribution in [0.2, 0.25) is 5.02 Å². The lowest BCUT2D eigenvalue weighted by atomic mass is 10.1. The van der Waals surface area contributed by atoms with Crippen molar-refractivity contribution in [3.05, 3.63) is 27.7 Å². The Morgan fingerprint density at radius 2 is 2.11 bits per heavy atom. The van der Waals surface area contributed by atoms with Crippen LogP contribution in [0.25, 0.3) is 0 Å². The summed E-state index contributed by atoms with van der Waals surface area (Å²) >= 11 is 9.30. The van der Waals surface area contributed by atoms with E-state index in [1.807, 2.05) is 13.8 Å². The van der Waals surface area contributed by atoms with Gasteiger partial charge in [-0.15, -0.1) is 0 Å². The van der Waals surface area contributed by atoms with E-state index < -0.39 is 15.6 Å². The molecule has 0 spiro atoms. The molecule has 1 aromatic rings. The van der Waals surface area contributed by atoms with E-state index in [9.17, 15) is 8.42 Å². The maximum Gasteiger partial charge on any atom is 0.244 e. The molecular weight excluding hydrogens is 354 g/mol. The zero-order valence-corrected chi connectivity index (χ0v) is 13.8. The fourth-order valence-corrected chi connectivity index (χ4v) is 4.59. The summed E-state index contributed by atoms with van der Waals surface area (Å²) in [6.07, 6.45) is 0. The van der Waals surface area contributed by atoms with Crippen LogP contribution in [0.5, 0.6) is 0 Å². The second-order valence-electron chi connectivity index (χ2n) is 5.02. The summed E-state index contributed by atoms with van der Waals surface area (Å²) in [6, 6.07) is 4.77. The molecule has 0 radical (unpaired) electrons. The van der Waals surface area contributed by atoms with Crippen LogP contribution in [-0.4, -0.2) is 38.0 Å². The van der Waals surface area contributed by atoms with Crippen LogP contribution in [0.1, 0.15) is 13.8 Å². The first-order valence-electron chi connectivity index (χ1n) is 5.81. The van der Waals surface area contributed by atoms with Crippen molar-refractivity contribution in [2.24, 2.45) is 0 Å². The van der Waals surface area contributed by atoms with Gasteiger partial charge in [-0.3, -0.25) is 0 Å². The Labute approximate surface area is 126 Å². The Kier molecular flexibility index (Phi) is 4.28. The number of hydrogen-bond acceptors (Lipinski definition) is 3. The van der Waals surface area contributed by atoms with Crippen molar-refractivity contribution >= 4 is 37.6 Å². The van der Waals surface area contributed by atoms with Crippen molar-refractivity contribution in [1.29, 1.82) is 0 Å². The predicted octanol–water partition coefficient (Wildman–Crippen LogP) is 2.90. The molecule has 1 fully saturated rings. The van der Waals surface area contributed by atoms with E-state index in [2.05, 4.69) is 15.9 Å². The standard InChI is InChI=1S/C12H15BrClNO3S/c1-12(2)8-15(5-6-18-12)19(16,17)11-4-3-9(13)7-10(11)14/h3-4,7H,5-6,8H2,1-2H3. The normalized spacial score (nSPS) is 20.4. The number of benzene rings is 1. The quantitative estimate of drug-likeness (QED) is 0.806. The van der Waals surface area contributed by atoms with Crippen LogP contribution < -0.4 is 0 Å². The van der Waals surface area contributed by atoms with Crippen molar-refractivity contribution in [3.8, 4) is 0 Å². The molecule has 0 bridgehead atoms. The van der Waals surface area contributed by atoms with E-state index >= 15 is 0 Å². The molecule has 7 heteroatoms. The molecular formula is C12H15BrClNO3S. The molecule has 0 aliphatic carbocycles. The molecule has 0 N–H and O–H groups in total. The topological polar surface area (TPSA) is 46.6 Å². The highest BCUT2D eigenvalue weighted by molar-refractivity contribution is 9.10. The number of rotatable bonds is 2. The molecule has 1 heterocycles. The molecule has 2 rings (SSSR count). The van der Waals surface area contributed by atoms with E-state index in [1.54, 1.807) is 12.1 Å². The lowest BCUT2D eigenvalue weighted by molar-refractivity contribution is -0.0640. The van der Waals surface area contributed by atoms with Crippen LogP contribution in [-0.2, 0) is 14.8 Å². The Bertz CT molecular complexity index is 589. The molecule has 1 aromatic carbocycles. The van der Waals surface area contributed by atoms with Crippen LogP contribution in [0.3, 0.4) is 0 Å². The van der Waals surface area contributed by atoms with Gasteiger partial charge in [0, 0.05) is 17.6 Å². The van der Waals surface area contributed by atoms with Crippen molar-refractivity contribution in [3.63, 3.8) is 0 Å². The summed E-state index contributed by atoms with van der Waals surface area (Å²) in [5.41, 5.74) is -0.479. The van der Waals surface area contributed by atoms with Gasteiger partial charge in [0.15, 0.2) is 0 Å². The number of ether oxygens (including phenoxy) is 1. The van der Waals surface area contributed by atoms with Crippen LogP contribution in [0.15, 0.2) is 27.6 Å². The number of hydrogen-bond donors (Lipinski definition) is 0. The minimum absolute atomic E-state index is 0.134. The Hall–Kier alpha value is -0.140. The Balaban J connectivity index is 2.37. The summed E-state index contributed by atoms with van der Waals surface area (Å²) in [7, 11) is -3.58. The van der Waals surface area contributed by atoms with Crippen molar-refractivity contribution in [1.82, 2.24) is 4.31 Å². The largest absolute Gasteiger partial charge is 0.373 e. The maximum absolute atomic E-state index is 12.6. The highest BCUT2D eigenvalue weighted by atomic mass is 79.9. The van der Waals surface area contributed by atoms with Gasteiger partial charge in [0.25, 0.3) is 0 Å². The summed E-state index contributed by atoms with van der Waals surface area (Å²) in [5, 5.41) is 0.221. The lowest BCUT2D eigenvalue weighted by Gasteiger charge is -2.37. The van der Waals surface area contributed by atoms with Gasteiger partial charge in [0.1, 0.15) is 4.90 Å². The molecule has 106 valence electrons. The molecule has 0 aromatic heterocycles. The molecule has 1 aliphatic rings. The fourth-order valence-electron chi connectivity index (χ4n) is 2.00. The number of morpholine rings is 1. The van der Waals surface area contributed by atoms with E-state index in [-0.39, 0.29) is 9.92 Å². The van der Waals surface area contributed by atoms with Crippen molar-refractivity contribution in [2.75, 3.05) is 19.7 Å². The van der Waals surface area contributed by atoms with E-state index in [4.69, 9.17) is 16.3 Å². The van der Waals surface area contributed by atoms with Crippen molar-refractivity contribution < 1.29 is 13.2 Å². The monoisotopic (exact) mass is 367 g/mol. The summed E-state index contributed by atoms with van der Waals surface area (Å²) in [5.74, 6) is 0. The number of sulfonamides is 1. The van der Waals surface area contributed by atoms with Crippen molar-refractivity contribution in [2.45, 2.75) is 24.3 Å². The average Bonchev–Trinajstić information content (AvgIpc) is 2.27. The third-order valence-corrected chi connectivity index (χ3v) is 5.72. The van der Waals surface area contributed by atoms with Gasteiger partial charge in [0.05, 0.1) is 17.2 Å². The van der Waals surface area contributed by atoms with Gasteiger partial charge < -0.3 is 4.74 Å².